The first-order valence-corrected chi connectivity index (χ1v) is 4.96. The number of amides is 1. The van der Waals surface area contributed by atoms with Crippen LogP contribution in [0.25, 0.3) is 6.08 Å². The highest BCUT2D eigenvalue weighted by Crippen LogP contribution is 2.25. The van der Waals surface area contributed by atoms with Gasteiger partial charge in [0.1, 0.15) is 6.54 Å². The maximum absolute atomic E-state index is 11.7. The summed E-state index contributed by atoms with van der Waals surface area (Å²) in [5.41, 5.74) is 1.53. The first kappa shape index (κ1) is 10.4. The Labute approximate surface area is 92.8 Å². The third-order valence-electron chi connectivity index (χ3n) is 2.41. The Morgan fingerprint density at radius 1 is 1.38 bits per heavy atom. The van der Waals surface area contributed by atoms with Crippen LogP contribution in [-0.4, -0.2) is 23.5 Å². The molecule has 0 radical (unpaired) electrons. The summed E-state index contributed by atoms with van der Waals surface area (Å²) in [6.07, 6.45) is 3.83. The van der Waals surface area contributed by atoms with Crippen LogP contribution in [0.1, 0.15) is 12.0 Å². The lowest BCUT2D eigenvalue weighted by Gasteiger charge is -2.20. The molecule has 2 rings (SSSR count). The number of hydrogen-bond donors (Lipinski definition) is 1. The number of carboxylic acid groups (broad SMARTS) is 1. The predicted molar refractivity (Wildman–Crippen MR) is 60.1 cm³/mol. The molecular formula is C12H11NO3. The molecule has 82 valence electrons. The monoisotopic (exact) mass is 217 g/mol. The molecule has 1 aromatic rings. The molecule has 1 N–H and O–H groups in total. The second-order valence-electron chi connectivity index (χ2n) is 3.54. The lowest BCUT2D eigenvalue weighted by atomic mass is 10.1. The molecule has 1 amide bonds. The Hall–Kier alpha value is -2.10. The molecule has 1 aliphatic rings. The number of carbonyl (C=O) groups excluding carboxylic acids is 1. The Bertz CT molecular complexity index is 465. The van der Waals surface area contributed by atoms with E-state index in [4.69, 9.17) is 5.11 Å². The van der Waals surface area contributed by atoms with Gasteiger partial charge in [-0.3, -0.25) is 9.59 Å². The molecule has 1 aliphatic heterocycles. The van der Waals surface area contributed by atoms with E-state index in [1.165, 1.54) is 4.90 Å². The van der Waals surface area contributed by atoms with Gasteiger partial charge in [0, 0.05) is 6.42 Å². The Morgan fingerprint density at radius 2 is 2.12 bits per heavy atom. The number of carboxylic acids is 1. The SMILES string of the molecule is O=C(O)CN1C(=O)CC=Cc2ccccc21. The number of anilines is 1. The summed E-state index contributed by atoms with van der Waals surface area (Å²) in [6, 6.07) is 7.27. The molecule has 0 fully saturated rings. The largest absolute Gasteiger partial charge is 0.480 e. The van der Waals surface area contributed by atoms with Gasteiger partial charge in [-0.15, -0.1) is 0 Å². The Kier molecular flexibility index (Phi) is 2.72. The van der Waals surface area contributed by atoms with Crippen molar-refractivity contribution >= 4 is 23.6 Å². The van der Waals surface area contributed by atoms with Crippen LogP contribution in [0.4, 0.5) is 5.69 Å². The van der Waals surface area contributed by atoms with E-state index in [-0.39, 0.29) is 18.9 Å². The lowest BCUT2D eigenvalue weighted by molar-refractivity contribution is -0.136. The van der Waals surface area contributed by atoms with E-state index in [0.29, 0.717) is 5.69 Å². The zero-order valence-corrected chi connectivity index (χ0v) is 8.59. The summed E-state index contributed by atoms with van der Waals surface area (Å²) < 4.78 is 0. The second kappa shape index (κ2) is 4.18. The Balaban J connectivity index is 2.44. The molecular weight excluding hydrogens is 206 g/mol. The highest BCUT2D eigenvalue weighted by Gasteiger charge is 2.21. The number of fused-ring (bicyclic) bond motifs is 1. The first-order valence-electron chi connectivity index (χ1n) is 4.96. The van der Waals surface area contributed by atoms with Crippen molar-refractivity contribution in [2.75, 3.05) is 11.4 Å². The number of aliphatic carboxylic acids is 1. The van der Waals surface area contributed by atoms with Crippen LogP contribution in [0.15, 0.2) is 30.3 Å². The van der Waals surface area contributed by atoms with Crippen molar-refractivity contribution in [2.45, 2.75) is 6.42 Å². The quantitative estimate of drug-likeness (QED) is 0.817. The van der Waals surface area contributed by atoms with Gasteiger partial charge in [0.25, 0.3) is 0 Å². The third kappa shape index (κ3) is 1.95. The molecule has 0 saturated carbocycles. The van der Waals surface area contributed by atoms with Crippen molar-refractivity contribution in [3.8, 4) is 0 Å². The highest BCUT2D eigenvalue weighted by atomic mass is 16.4. The van der Waals surface area contributed by atoms with Crippen LogP contribution in [0.3, 0.4) is 0 Å². The molecule has 0 bridgehead atoms. The summed E-state index contributed by atoms with van der Waals surface area (Å²) in [5, 5.41) is 8.79. The van der Waals surface area contributed by atoms with E-state index < -0.39 is 5.97 Å². The average Bonchev–Trinajstić information content (AvgIpc) is 2.40. The minimum absolute atomic E-state index is 0.191. The molecule has 0 unspecified atom stereocenters. The normalized spacial score (nSPS) is 14.5. The molecule has 0 aliphatic carbocycles. The fourth-order valence-electron chi connectivity index (χ4n) is 1.71. The number of nitrogens with zero attached hydrogens (tertiary/aromatic N) is 1. The van der Waals surface area contributed by atoms with Gasteiger partial charge in [0.05, 0.1) is 5.69 Å². The van der Waals surface area contributed by atoms with E-state index in [1.54, 1.807) is 18.2 Å². The molecule has 0 spiro atoms. The molecule has 0 saturated heterocycles. The van der Waals surface area contributed by atoms with Crippen LogP contribution < -0.4 is 4.90 Å². The predicted octanol–water partition coefficient (Wildman–Crippen LogP) is 1.52. The lowest BCUT2D eigenvalue weighted by Crippen LogP contribution is -2.35. The Morgan fingerprint density at radius 3 is 2.88 bits per heavy atom. The third-order valence-corrected chi connectivity index (χ3v) is 2.41. The maximum Gasteiger partial charge on any atom is 0.323 e. The first-order chi connectivity index (χ1) is 7.68. The number of benzene rings is 1. The van der Waals surface area contributed by atoms with Gasteiger partial charge in [-0.2, -0.15) is 0 Å². The number of para-hydroxylation sites is 1. The van der Waals surface area contributed by atoms with Gasteiger partial charge < -0.3 is 10.0 Å². The van der Waals surface area contributed by atoms with Crippen LogP contribution in [0.5, 0.6) is 0 Å². The highest BCUT2D eigenvalue weighted by molar-refractivity contribution is 6.01. The van der Waals surface area contributed by atoms with E-state index in [9.17, 15) is 9.59 Å². The minimum atomic E-state index is -1.01. The summed E-state index contributed by atoms with van der Waals surface area (Å²) in [5.74, 6) is -1.20. The molecule has 1 heterocycles. The van der Waals surface area contributed by atoms with Gasteiger partial charge in [-0.25, -0.2) is 0 Å². The molecule has 16 heavy (non-hydrogen) atoms. The van der Waals surface area contributed by atoms with Crippen molar-refractivity contribution < 1.29 is 14.7 Å². The van der Waals surface area contributed by atoms with Crippen molar-refractivity contribution in [2.24, 2.45) is 0 Å². The molecule has 0 aromatic heterocycles. The van der Waals surface area contributed by atoms with Gasteiger partial charge in [-0.05, 0) is 11.6 Å². The average molecular weight is 217 g/mol. The van der Waals surface area contributed by atoms with Crippen LogP contribution >= 0.6 is 0 Å². The minimum Gasteiger partial charge on any atom is -0.480 e. The van der Waals surface area contributed by atoms with Crippen molar-refractivity contribution in [3.05, 3.63) is 35.9 Å². The van der Waals surface area contributed by atoms with Gasteiger partial charge in [0.15, 0.2) is 0 Å². The molecule has 1 aromatic carbocycles. The van der Waals surface area contributed by atoms with E-state index >= 15 is 0 Å². The number of rotatable bonds is 2. The zero-order valence-electron chi connectivity index (χ0n) is 8.59. The second-order valence-corrected chi connectivity index (χ2v) is 3.54. The standard InChI is InChI=1S/C12H11NO3/c14-11-7-3-5-9-4-1-2-6-10(9)13(11)8-12(15)16/h1-6H,7-8H2,(H,15,16). The van der Waals surface area contributed by atoms with Crippen LogP contribution in [-0.2, 0) is 9.59 Å². The van der Waals surface area contributed by atoms with Gasteiger partial charge in [0.2, 0.25) is 5.91 Å². The number of carbonyl (C=O) groups is 2. The van der Waals surface area contributed by atoms with Crippen molar-refractivity contribution in [1.29, 1.82) is 0 Å². The van der Waals surface area contributed by atoms with Crippen LogP contribution in [0, 0.1) is 0 Å². The fourth-order valence-corrected chi connectivity index (χ4v) is 1.71. The fraction of sp³-hybridized carbons (Fsp3) is 0.167. The summed E-state index contributed by atoms with van der Waals surface area (Å²) in [4.78, 5) is 23.7. The van der Waals surface area contributed by atoms with E-state index in [1.807, 2.05) is 18.2 Å². The van der Waals surface area contributed by atoms with Gasteiger partial charge >= 0.3 is 5.97 Å². The molecule has 4 heteroatoms. The smallest absolute Gasteiger partial charge is 0.323 e. The van der Waals surface area contributed by atoms with Gasteiger partial charge in [-0.1, -0.05) is 30.4 Å². The van der Waals surface area contributed by atoms with E-state index in [2.05, 4.69) is 0 Å². The van der Waals surface area contributed by atoms with Crippen LogP contribution in [0.2, 0.25) is 0 Å². The van der Waals surface area contributed by atoms with Crippen molar-refractivity contribution in [3.63, 3.8) is 0 Å². The molecule has 0 atom stereocenters. The van der Waals surface area contributed by atoms with E-state index in [0.717, 1.165) is 5.56 Å². The maximum atomic E-state index is 11.7. The molecule has 4 nitrogen and oxygen atoms in total. The number of hydrogen-bond acceptors (Lipinski definition) is 2. The summed E-state index contributed by atoms with van der Waals surface area (Å²) in [6.45, 7) is -0.294. The van der Waals surface area contributed by atoms with Crippen molar-refractivity contribution in [1.82, 2.24) is 0 Å². The topological polar surface area (TPSA) is 57.6 Å². The zero-order chi connectivity index (χ0) is 11.5. The summed E-state index contributed by atoms with van der Waals surface area (Å²) >= 11 is 0. The summed E-state index contributed by atoms with van der Waals surface area (Å²) in [7, 11) is 0.